The van der Waals surface area contributed by atoms with Crippen LogP contribution >= 0.6 is 0 Å². The molecule has 5 nitrogen and oxygen atoms in total. The van der Waals surface area contributed by atoms with Crippen molar-refractivity contribution < 1.29 is 19.1 Å². The van der Waals surface area contributed by atoms with E-state index in [1.165, 1.54) is 0 Å². The van der Waals surface area contributed by atoms with Crippen LogP contribution in [0.2, 0.25) is 0 Å². The number of amides is 1. The van der Waals surface area contributed by atoms with E-state index in [4.69, 9.17) is 9.47 Å². The van der Waals surface area contributed by atoms with Crippen LogP contribution < -0.4 is 10.1 Å². The SMILES string of the molecule is CCOc1ccccc1C(=O)OCC(=O)Nc1ccccc1C. The van der Waals surface area contributed by atoms with Crippen LogP contribution in [0.1, 0.15) is 22.8 Å². The molecule has 0 atom stereocenters. The Hall–Kier alpha value is -2.82. The fourth-order valence-corrected chi connectivity index (χ4v) is 2.02. The van der Waals surface area contributed by atoms with Gasteiger partial charge in [0.1, 0.15) is 11.3 Å². The highest BCUT2D eigenvalue weighted by molar-refractivity contribution is 5.97. The molecule has 23 heavy (non-hydrogen) atoms. The van der Waals surface area contributed by atoms with Crippen molar-refractivity contribution in [2.24, 2.45) is 0 Å². The quantitative estimate of drug-likeness (QED) is 0.832. The molecular formula is C18H19NO4. The van der Waals surface area contributed by atoms with Gasteiger partial charge in [-0.1, -0.05) is 30.3 Å². The van der Waals surface area contributed by atoms with Gasteiger partial charge in [0.2, 0.25) is 0 Å². The van der Waals surface area contributed by atoms with Crippen LogP contribution in [0.3, 0.4) is 0 Å². The first kappa shape index (κ1) is 16.5. The summed E-state index contributed by atoms with van der Waals surface area (Å²) in [4.78, 5) is 24.0. The third kappa shape index (κ3) is 4.57. The van der Waals surface area contributed by atoms with E-state index in [-0.39, 0.29) is 12.5 Å². The normalized spacial score (nSPS) is 10.0. The molecule has 2 rings (SSSR count). The Labute approximate surface area is 135 Å². The van der Waals surface area contributed by atoms with E-state index in [0.29, 0.717) is 23.6 Å². The molecule has 0 saturated carbocycles. The summed E-state index contributed by atoms with van der Waals surface area (Å²) in [6.45, 7) is 3.81. The molecule has 0 aliphatic heterocycles. The first-order valence-electron chi connectivity index (χ1n) is 7.36. The van der Waals surface area contributed by atoms with E-state index in [9.17, 15) is 9.59 Å². The number of anilines is 1. The maximum Gasteiger partial charge on any atom is 0.342 e. The summed E-state index contributed by atoms with van der Waals surface area (Å²) in [7, 11) is 0. The third-order valence-electron chi connectivity index (χ3n) is 3.16. The van der Waals surface area contributed by atoms with Gasteiger partial charge in [-0.2, -0.15) is 0 Å². The molecule has 0 saturated heterocycles. The van der Waals surface area contributed by atoms with Gasteiger partial charge in [0.15, 0.2) is 6.61 Å². The number of carbonyl (C=O) groups excluding carboxylic acids is 2. The van der Waals surface area contributed by atoms with Crippen molar-refractivity contribution in [1.82, 2.24) is 0 Å². The van der Waals surface area contributed by atoms with Crippen molar-refractivity contribution in [2.75, 3.05) is 18.5 Å². The maximum atomic E-state index is 12.1. The predicted molar refractivity (Wildman–Crippen MR) is 87.7 cm³/mol. The summed E-state index contributed by atoms with van der Waals surface area (Å²) in [6.07, 6.45) is 0. The molecule has 0 aliphatic carbocycles. The Kier molecular flexibility index (Phi) is 5.74. The Morgan fingerprint density at radius 1 is 1.04 bits per heavy atom. The molecule has 120 valence electrons. The van der Waals surface area contributed by atoms with E-state index < -0.39 is 5.97 Å². The summed E-state index contributed by atoms with van der Waals surface area (Å²) >= 11 is 0. The van der Waals surface area contributed by atoms with Gasteiger partial charge in [-0.15, -0.1) is 0 Å². The lowest BCUT2D eigenvalue weighted by molar-refractivity contribution is -0.119. The Morgan fingerprint density at radius 3 is 2.48 bits per heavy atom. The van der Waals surface area contributed by atoms with Crippen LogP contribution in [0, 0.1) is 6.92 Å². The lowest BCUT2D eigenvalue weighted by atomic mass is 10.2. The molecule has 0 aromatic heterocycles. The fourth-order valence-electron chi connectivity index (χ4n) is 2.02. The van der Waals surface area contributed by atoms with E-state index in [0.717, 1.165) is 5.56 Å². The number of para-hydroxylation sites is 2. The second-order valence-corrected chi connectivity index (χ2v) is 4.87. The molecule has 0 spiro atoms. The first-order chi connectivity index (χ1) is 11.1. The van der Waals surface area contributed by atoms with Gasteiger partial charge in [-0.25, -0.2) is 4.79 Å². The van der Waals surface area contributed by atoms with E-state index >= 15 is 0 Å². The molecule has 1 N–H and O–H groups in total. The second kappa shape index (κ2) is 7.98. The van der Waals surface area contributed by atoms with Crippen LogP contribution in [-0.4, -0.2) is 25.1 Å². The lowest BCUT2D eigenvalue weighted by Crippen LogP contribution is -2.21. The minimum Gasteiger partial charge on any atom is -0.493 e. The molecule has 2 aromatic carbocycles. The lowest BCUT2D eigenvalue weighted by Gasteiger charge is -2.11. The van der Waals surface area contributed by atoms with Gasteiger partial charge in [-0.3, -0.25) is 4.79 Å². The van der Waals surface area contributed by atoms with Gasteiger partial charge < -0.3 is 14.8 Å². The van der Waals surface area contributed by atoms with Gasteiger partial charge in [0.05, 0.1) is 6.61 Å². The summed E-state index contributed by atoms with van der Waals surface area (Å²) < 4.78 is 10.4. The summed E-state index contributed by atoms with van der Waals surface area (Å²) in [5, 5.41) is 2.71. The molecule has 0 radical (unpaired) electrons. The summed E-state index contributed by atoms with van der Waals surface area (Å²) in [5.41, 5.74) is 1.94. The van der Waals surface area contributed by atoms with E-state index in [2.05, 4.69) is 5.32 Å². The monoisotopic (exact) mass is 313 g/mol. The highest BCUT2D eigenvalue weighted by atomic mass is 16.5. The minimum absolute atomic E-state index is 0.304. The molecule has 0 aliphatic rings. The number of aryl methyl sites for hydroxylation is 1. The highest BCUT2D eigenvalue weighted by Crippen LogP contribution is 2.19. The molecule has 1 amide bonds. The summed E-state index contributed by atoms with van der Waals surface area (Å²) in [6, 6.07) is 14.2. The minimum atomic E-state index is -0.589. The summed E-state index contributed by atoms with van der Waals surface area (Å²) in [5.74, 6) is -0.533. The Bertz CT molecular complexity index is 697. The van der Waals surface area contributed by atoms with Crippen molar-refractivity contribution in [3.05, 3.63) is 59.7 Å². The van der Waals surface area contributed by atoms with Crippen LogP contribution in [0.25, 0.3) is 0 Å². The van der Waals surface area contributed by atoms with Gasteiger partial charge >= 0.3 is 5.97 Å². The average Bonchev–Trinajstić information content (AvgIpc) is 2.55. The zero-order valence-corrected chi connectivity index (χ0v) is 13.2. The predicted octanol–water partition coefficient (Wildman–Crippen LogP) is 3.19. The van der Waals surface area contributed by atoms with Crippen molar-refractivity contribution in [2.45, 2.75) is 13.8 Å². The molecule has 2 aromatic rings. The van der Waals surface area contributed by atoms with Crippen molar-refractivity contribution in [1.29, 1.82) is 0 Å². The molecule has 0 heterocycles. The highest BCUT2D eigenvalue weighted by Gasteiger charge is 2.15. The maximum absolute atomic E-state index is 12.1. The molecular weight excluding hydrogens is 294 g/mol. The topological polar surface area (TPSA) is 64.6 Å². The number of esters is 1. The molecule has 0 unspecified atom stereocenters. The number of hydrogen-bond donors (Lipinski definition) is 1. The smallest absolute Gasteiger partial charge is 0.342 e. The number of ether oxygens (including phenoxy) is 2. The average molecular weight is 313 g/mol. The van der Waals surface area contributed by atoms with Crippen LogP contribution in [0.5, 0.6) is 5.75 Å². The number of hydrogen-bond acceptors (Lipinski definition) is 4. The number of benzene rings is 2. The van der Waals surface area contributed by atoms with Crippen LogP contribution in [0.15, 0.2) is 48.5 Å². The van der Waals surface area contributed by atoms with Crippen LogP contribution in [0.4, 0.5) is 5.69 Å². The third-order valence-corrected chi connectivity index (χ3v) is 3.16. The zero-order valence-electron chi connectivity index (χ0n) is 13.2. The largest absolute Gasteiger partial charge is 0.493 e. The van der Waals surface area contributed by atoms with E-state index in [1.54, 1.807) is 30.3 Å². The fraction of sp³-hybridized carbons (Fsp3) is 0.222. The van der Waals surface area contributed by atoms with Crippen molar-refractivity contribution in [3.63, 3.8) is 0 Å². The molecule has 0 fully saturated rings. The second-order valence-electron chi connectivity index (χ2n) is 4.87. The number of carbonyl (C=O) groups is 2. The van der Waals surface area contributed by atoms with Gasteiger partial charge in [-0.05, 0) is 37.6 Å². The number of nitrogens with one attached hydrogen (secondary N) is 1. The van der Waals surface area contributed by atoms with Gasteiger partial charge in [0, 0.05) is 5.69 Å². The standard InChI is InChI=1S/C18H19NO4/c1-3-22-16-11-7-5-9-14(16)18(21)23-12-17(20)19-15-10-6-4-8-13(15)2/h4-11H,3,12H2,1-2H3,(H,19,20). The van der Waals surface area contributed by atoms with Gasteiger partial charge in [0.25, 0.3) is 5.91 Å². The van der Waals surface area contributed by atoms with Crippen molar-refractivity contribution >= 4 is 17.6 Å². The van der Waals surface area contributed by atoms with Crippen molar-refractivity contribution in [3.8, 4) is 5.75 Å². The first-order valence-corrected chi connectivity index (χ1v) is 7.36. The Morgan fingerprint density at radius 2 is 1.74 bits per heavy atom. The molecule has 0 bridgehead atoms. The zero-order chi connectivity index (χ0) is 16.7. The molecule has 5 heteroatoms. The van der Waals surface area contributed by atoms with E-state index in [1.807, 2.05) is 32.0 Å². The Balaban J connectivity index is 1.94. The number of rotatable bonds is 6. The van der Waals surface area contributed by atoms with Crippen LogP contribution in [-0.2, 0) is 9.53 Å².